The molecule has 2 rings (SSSR count). The van der Waals surface area contributed by atoms with E-state index in [9.17, 15) is 43.5 Å². The van der Waals surface area contributed by atoms with E-state index in [1.54, 1.807) is 65.0 Å². The number of rotatable bonds is 13. The normalized spacial score (nSPS) is 22.7. The molecule has 0 aliphatic carbocycles. The maximum absolute atomic E-state index is 13.8. The summed E-state index contributed by atoms with van der Waals surface area (Å²) in [6.45, 7) is 10.6. The van der Waals surface area contributed by atoms with E-state index in [4.69, 9.17) is 0 Å². The Morgan fingerprint density at radius 1 is 0.887 bits per heavy atom. The highest BCUT2D eigenvalue weighted by molar-refractivity contribution is 5.97. The van der Waals surface area contributed by atoms with Gasteiger partial charge >= 0.3 is 5.97 Å². The summed E-state index contributed by atoms with van der Waals surface area (Å²) in [5.41, 5.74) is 0.693. The van der Waals surface area contributed by atoms with Gasteiger partial charge in [0.25, 0.3) is 0 Å². The van der Waals surface area contributed by atoms with Gasteiger partial charge in [-0.25, -0.2) is 4.79 Å². The van der Waals surface area contributed by atoms with Crippen molar-refractivity contribution in [3.63, 3.8) is 0 Å². The van der Waals surface area contributed by atoms with Crippen molar-refractivity contribution in [1.82, 2.24) is 37.2 Å². The highest BCUT2D eigenvalue weighted by Crippen LogP contribution is 2.14. The molecule has 1 aromatic rings. The van der Waals surface area contributed by atoms with Gasteiger partial charge in [-0.2, -0.15) is 0 Å². The minimum atomic E-state index is -1.28. The van der Waals surface area contributed by atoms with Gasteiger partial charge in [0.15, 0.2) is 0 Å². The van der Waals surface area contributed by atoms with Crippen molar-refractivity contribution in [3.05, 3.63) is 35.9 Å². The fourth-order valence-electron chi connectivity index (χ4n) is 5.83. The SMILES string of the molecule is CCC(C)C1NC(=O)[C@@H](NC(=O)[C@@H](NC=O)C(C)C)CCC(=O)NCCCC[C@@H](C(=O)N[C@@H](Cc2ccccc2)C(=O)O)NC(=O)C(C(C)C)NC1=O. The van der Waals surface area contributed by atoms with Crippen molar-refractivity contribution in [2.24, 2.45) is 17.8 Å². The van der Waals surface area contributed by atoms with E-state index >= 15 is 0 Å². The molecule has 1 aliphatic rings. The fourth-order valence-corrected chi connectivity index (χ4v) is 5.83. The molecule has 7 atom stereocenters. The summed E-state index contributed by atoms with van der Waals surface area (Å²) in [5, 5.41) is 28.4. The van der Waals surface area contributed by atoms with Crippen LogP contribution in [0.5, 0.6) is 0 Å². The van der Waals surface area contributed by atoms with Crippen LogP contribution in [-0.2, 0) is 44.8 Å². The van der Waals surface area contributed by atoms with E-state index in [0.29, 0.717) is 31.2 Å². The predicted molar refractivity (Wildman–Crippen MR) is 196 cm³/mol. The van der Waals surface area contributed by atoms with Crippen LogP contribution in [0.2, 0.25) is 0 Å². The molecule has 1 fully saturated rings. The van der Waals surface area contributed by atoms with Crippen molar-refractivity contribution in [2.45, 2.75) is 123 Å². The minimum Gasteiger partial charge on any atom is -0.480 e. The Labute approximate surface area is 311 Å². The first-order valence-electron chi connectivity index (χ1n) is 18.3. The maximum atomic E-state index is 13.8. The number of amides is 7. The maximum Gasteiger partial charge on any atom is 0.326 e. The van der Waals surface area contributed by atoms with E-state index in [0.717, 1.165) is 0 Å². The number of carbonyl (C=O) groups is 8. The molecule has 1 saturated heterocycles. The molecule has 3 unspecified atom stereocenters. The summed E-state index contributed by atoms with van der Waals surface area (Å²) in [7, 11) is 0. The number of hydrogen-bond donors (Lipinski definition) is 8. The van der Waals surface area contributed by atoms with E-state index in [2.05, 4.69) is 37.2 Å². The van der Waals surface area contributed by atoms with Crippen molar-refractivity contribution >= 4 is 47.8 Å². The van der Waals surface area contributed by atoms with Gasteiger partial charge in [-0.15, -0.1) is 0 Å². The van der Waals surface area contributed by atoms with E-state index < -0.39 is 89.5 Å². The number of aliphatic carboxylic acids is 1. The molecule has 1 aliphatic heterocycles. The van der Waals surface area contributed by atoms with Gasteiger partial charge in [-0.05, 0) is 49.0 Å². The quantitative estimate of drug-likeness (QED) is 0.129. The van der Waals surface area contributed by atoms with Gasteiger partial charge in [0.2, 0.25) is 41.9 Å². The third-order valence-electron chi connectivity index (χ3n) is 9.30. The van der Waals surface area contributed by atoms with Crippen LogP contribution in [0.4, 0.5) is 0 Å². The molecule has 1 heterocycles. The number of carboxylic acids is 1. The van der Waals surface area contributed by atoms with Crippen molar-refractivity contribution in [2.75, 3.05) is 6.54 Å². The second-order valence-corrected chi connectivity index (χ2v) is 14.2. The fraction of sp³-hybridized carbons (Fsp3) is 0.622. The van der Waals surface area contributed by atoms with Gasteiger partial charge in [0.1, 0.15) is 36.3 Å². The first-order valence-corrected chi connectivity index (χ1v) is 18.3. The summed E-state index contributed by atoms with van der Waals surface area (Å²) in [4.78, 5) is 104. The Hall–Kier alpha value is -5.02. The lowest BCUT2D eigenvalue weighted by molar-refractivity contribution is -0.142. The minimum absolute atomic E-state index is 0.0144. The average Bonchev–Trinajstić information content (AvgIpc) is 3.11. The molecule has 16 nitrogen and oxygen atoms in total. The van der Waals surface area contributed by atoms with Crippen molar-refractivity contribution < 1.29 is 43.5 Å². The molecular formula is C37H57N7O9. The van der Waals surface area contributed by atoms with Crippen LogP contribution >= 0.6 is 0 Å². The number of carbonyl (C=O) groups excluding carboxylic acids is 7. The molecular weight excluding hydrogens is 686 g/mol. The van der Waals surface area contributed by atoms with Crippen LogP contribution < -0.4 is 37.2 Å². The summed E-state index contributed by atoms with van der Waals surface area (Å²) < 4.78 is 0. The van der Waals surface area contributed by atoms with Gasteiger partial charge in [0, 0.05) is 19.4 Å². The summed E-state index contributed by atoms with van der Waals surface area (Å²) in [6.07, 6.45) is 1.44. The lowest BCUT2D eigenvalue weighted by Crippen LogP contribution is -2.61. The molecule has 8 N–H and O–H groups in total. The topological polar surface area (TPSA) is 241 Å². The van der Waals surface area contributed by atoms with Crippen LogP contribution in [0.25, 0.3) is 0 Å². The van der Waals surface area contributed by atoms with E-state index in [1.807, 2.05) is 6.92 Å². The monoisotopic (exact) mass is 743 g/mol. The zero-order valence-corrected chi connectivity index (χ0v) is 31.5. The van der Waals surface area contributed by atoms with Gasteiger partial charge in [0.05, 0.1) is 0 Å². The molecule has 0 saturated carbocycles. The second-order valence-electron chi connectivity index (χ2n) is 14.2. The third kappa shape index (κ3) is 14.5. The zero-order valence-electron chi connectivity index (χ0n) is 31.5. The van der Waals surface area contributed by atoms with Gasteiger partial charge < -0.3 is 42.3 Å². The van der Waals surface area contributed by atoms with Crippen LogP contribution in [0, 0.1) is 17.8 Å². The third-order valence-corrected chi connectivity index (χ3v) is 9.30. The smallest absolute Gasteiger partial charge is 0.326 e. The Balaban J connectivity index is 2.40. The Kier molecular flexibility index (Phi) is 18.4. The summed E-state index contributed by atoms with van der Waals surface area (Å²) >= 11 is 0. The van der Waals surface area contributed by atoms with Crippen molar-refractivity contribution in [3.8, 4) is 0 Å². The Morgan fingerprint density at radius 3 is 2.11 bits per heavy atom. The van der Waals surface area contributed by atoms with Crippen LogP contribution in [0.15, 0.2) is 30.3 Å². The standard InChI is InChI=1S/C37H57N7O9/c1-7-23(6)31-36(51)43-30(22(4)5)35(50)40-25(32(47)42-27(37(52)53)19-24-13-9-8-10-14-24)15-11-12-18-38-28(46)17-16-26(33(48)44-31)41-34(49)29(21(2)3)39-20-45/h8-10,13-14,20-23,25-27,29-31H,7,11-12,15-19H2,1-6H3,(H,38,46)(H,39,45)(H,40,50)(H,41,49)(H,42,47)(H,43,51)(H,44,48)(H,52,53)/t23?,25-,26-,27-,29-,30?,31?/m0/s1. The molecule has 1 aromatic carbocycles. The van der Waals surface area contributed by atoms with E-state index in [1.165, 1.54) is 0 Å². The molecule has 0 bridgehead atoms. The molecule has 0 spiro atoms. The Bertz CT molecular complexity index is 1420. The number of hydrogen-bond acceptors (Lipinski definition) is 8. The molecule has 294 valence electrons. The van der Waals surface area contributed by atoms with Crippen molar-refractivity contribution in [1.29, 1.82) is 0 Å². The number of benzene rings is 1. The molecule has 7 amide bonds. The number of nitrogens with one attached hydrogen (secondary N) is 7. The lowest BCUT2D eigenvalue weighted by atomic mass is 9.95. The lowest BCUT2D eigenvalue weighted by Gasteiger charge is -2.31. The molecule has 0 radical (unpaired) electrons. The molecule has 53 heavy (non-hydrogen) atoms. The van der Waals surface area contributed by atoms with Crippen LogP contribution in [-0.4, -0.2) is 95.7 Å². The summed E-state index contributed by atoms with van der Waals surface area (Å²) in [5.74, 6) is -6.31. The first-order chi connectivity index (χ1) is 25.1. The van der Waals surface area contributed by atoms with E-state index in [-0.39, 0.29) is 38.1 Å². The number of carboxylic acid groups (broad SMARTS) is 1. The second kappa shape index (κ2) is 22.1. The highest BCUT2D eigenvalue weighted by Gasteiger charge is 2.36. The average molecular weight is 744 g/mol. The van der Waals surface area contributed by atoms with Crippen LogP contribution in [0.1, 0.15) is 85.6 Å². The van der Waals surface area contributed by atoms with Crippen LogP contribution in [0.3, 0.4) is 0 Å². The van der Waals surface area contributed by atoms with Gasteiger partial charge in [-0.3, -0.25) is 33.6 Å². The predicted octanol–water partition coefficient (Wildman–Crippen LogP) is 0.291. The van der Waals surface area contributed by atoms with Gasteiger partial charge in [-0.1, -0.05) is 78.3 Å². The zero-order chi connectivity index (χ0) is 39.7. The molecule has 0 aromatic heterocycles. The summed E-state index contributed by atoms with van der Waals surface area (Å²) in [6, 6.07) is 1.86. The molecule has 16 heteroatoms. The Morgan fingerprint density at radius 2 is 1.53 bits per heavy atom. The first kappa shape index (κ1) is 44.1. The highest BCUT2D eigenvalue weighted by atomic mass is 16.4. The largest absolute Gasteiger partial charge is 0.480 e.